The molecule has 4 heteroatoms. The van der Waals surface area contributed by atoms with Crippen LogP contribution in [0.25, 0.3) is 0 Å². The first-order valence-electron chi connectivity index (χ1n) is 6.93. The Kier molecular flexibility index (Phi) is 4.41. The second kappa shape index (κ2) is 6.29. The van der Waals surface area contributed by atoms with Gasteiger partial charge in [-0.25, -0.2) is 0 Å². The van der Waals surface area contributed by atoms with E-state index in [1.807, 2.05) is 24.3 Å². The van der Waals surface area contributed by atoms with E-state index in [1.54, 1.807) is 0 Å². The zero-order valence-corrected chi connectivity index (χ0v) is 14.1. The van der Waals surface area contributed by atoms with Gasteiger partial charge in [-0.15, -0.1) is 11.6 Å². The Labute approximate surface area is 138 Å². The van der Waals surface area contributed by atoms with Crippen molar-refractivity contribution in [3.63, 3.8) is 0 Å². The van der Waals surface area contributed by atoms with E-state index in [4.69, 9.17) is 21.1 Å². The van der Waals surface area contributed by atoms with E-state index in [9.17, 15) is 0 Å². The molecule has 0 saturated carbocycles. The summed E-state index contributed by atoms with van der Waals surface area (Å²) in [5.41, 5.74) is 3.56. The highest BCUT2D eigenvalue weighted by Crippen LogP contribution is 2.40. The van der Waals surface area contributed by atoms with Crippen molar-refractivity contribution >= 4 is 27.5 Å². The third-order valence-electron chi connectivity index (χ3n) is 3.66. The summed E-state index contributed by atoms with van der Waals surface area (Å²) >= 11 is 10.2. The van der Waals surface area contributed by atoms with E-state index in [0.717, 1.165) is 28.0 Å². The Morgan fingerprint density at radius 3 is 2.52 bits per heavy atom. The number of alkyl halides is 1. The number of fused-ring (bicyclic) bond motifs is 1. The third-order valence-corrected chi connectivity index (χ3v) is 4.74. The average molecular weight is 368 g/mol. The maximum Gasteiger partial charge on any atom is 0.162 e. The van der Waals surface area contributed by atoms with E-state index in [1.165, 1.54) is 11.1 Å². The summed E-state index contributed by atoms with van der Waals surface area (Å²) in [7, 11) is 0. The normalized spacial score (nSPS) is 14.8. The zero-order chi connectivity index (χ0) is 14.8. The molecule has 2 nitrogen and oxygen atoms in total. The second-order valence-electron chi connectivity index (χ2n) is 5.12. The van der Waals surface area contributed by atoms with Crippen molar-refractivity contribution in [2.75, 3.05) is 13.2 Å². The number of aryl methyl sites for hydroxylation is 1. The summed E-state index contributed by atoms with van der Waals surface area (Å²) in [5.74, 6) is 1.55. The van der Waals surface area contributed by atoms with Crippen LogP contribution in [0.2, 0.25) is 0 Å². The van der Waals surface area contributed by atoms with Crippen LogP contribution in [0.4, 0.5) is 0 Å². The first-order valence-corrected chi connectivity index (χ1v) is 8.15. The highest BCUT2D eigenvalue weighted by atomic mass is 79.9. The van der Waals surface area contributed by atoms with Crippen molar-refractivity contribution < 1.29 is 9.47 Å². The molecule has 21 heavy (non-hydrogen) atoms. The molecule has 3 rings (SSSR count). The SMILES string of the molecule is Cc1ccccc1CC(Cl)c1cc2c(cc1Br)OCCO2. The highest BCUT2D eigenvalue weighted by molar-refractivity contribution is 9.10. The van der Waals surface area contributed by atoms with Crippen molar-refractivity contribution in [1.82, 2.24) is 0 Å². The fourth-order valence-corrected chi connectivity index (χ4v) is 3.54. The van der Waals surface area contributed by atoms with Crippen LogP contribution in [0.1, 0.15) is 22.1 Å². The number of halogens is 2. The summed E-state index contributed by atoms with van der Waals surface area (Å²) in [6.45, 7) is 3.28. The predicted octanol–water partition coefficient (Wildman–Crippen LogP) is 5.05. The fraction of sp³-hybridized carbons (Fsp3) is 0.294. The van der Waals surface area contributed by atoms with Gasteiger partial charge in [0.15, 0.2) is 11.5 Å². The van der Waals surface area contributed by atoms with Gasteiger partial charge >= 0.3 is 0 Å². The van der Waals surface area contributed by atoms with Gasteiger partial charge in [-0.1, -0.05) is 40.2 Å². The molecule has 1 aliphatic heterocycles. The van der Waals surface area contributed by atoms with E-state index in [0.29, 0.717) is 13.2 Å². The van der Waals surface area contributed by atoms with Gasteiger partial charge in [0.2, 0.25) is 0 Å². The van der Waals surface area contributed by atoms with Gasteiger partial charge in [-0.05, 0) is 42.2 Å². The van der Waals surface area contributed by atoms with Crippen molar-refractivity contribution in [2.45, 2.75) is 18.7 Å². The van der Waals surface area contributed by atoms with Crippen molar-refractivity contribution in [3.8, 4) is 11.5 Å². The molecule has 0 saturated heterocycles. The van der Waals surface area contributed by atoms with E-state index >= 15 is 0 Å². The Morgan fingerprint density at radius 2 is 1.81 bits per heavy atom. The summed E-state index contributed by atoms with van der Waals surface area (Å²) in [6.07, 6.45) is 0.784. The van der Waals surface area contributed by atoms with E-state index in [2.05, 4.69) is 35.0 Å². The second-order valence-corrected chi connectivity index (χ2v) is 6.50. The number of rotatable bonds is 3. The Morgan fingerprint density at radius 1 is 1.14 bits per heavy atom. The topological polar surface area (TPSA) is 18.5 Å². The third kappa shape index (κ3) is 3.19. The number of hydrogen-bond donors (Lipinski definition) is 0. The number of ether oxygens (including phenoxy) is 2. The van der Waals surface area contributed by atoms with Gasteiger partial charge in [-0.2, -0.15) is 0 Å². The standard InChI is InChI=1S/C17H16BrClO2/c1-11-4-2-3-5-12(11)8-15(19)13-9-16-17(10-14(13)18)21-7-6-20-16/h2-5,9-10,15H,6-8H2,1H3. The van der Waals surface area contributed by atoms with Gasteiger partial charge < -0.3 is 9.47 Å². The summed E-state index contributed by atoms with van der Waals surface area (Å²) in [4.78, 5) is 0. The van der Waals surface area contributed by atoms with Crippen LogP contribution in [0, 0.1) is 6.92 Å². The molecule has 0 aliphatic carbocycles. The predicted molar refractivity (Wildman–Crippen MR) is 88.6 cm³/mol. The van der Waals surface area contributed by atoms with E-state index < -0.39 is 0 Å². The van der Waals surface area contributed by atoms with Crippen molar-refractivity contribution in [2.24, 2.45) is 0 Å². The lowest BCUT2D eigenvalue weighted by molar-refractivity contribution is 0.171. The molecule has 1 aliphatic rings. The molecule has 0 bridgehead atoms. The van der Waals surface area contributed by atoms with Crippen LogP contribution in [0.5, 0.6) is 11.5 Å². The first kappa shape index (κ1) is 14.7. The lowest BCUT2D eigenvalue weighted by atomic mass is 10.00. The molecule has 0 aromatic heterocycles. The van der Waals surface area contributed by atoms with Gasteiger partial charge in [0.05, 0.1) is 5.38 Å². The Hall–Kier alpha value is -1.19. The maximum absolute atomic E-state index is 6.63. The summed E-state index contributed by atoms with van der Waals surface area (Å²) in [6, 6.07) is 12.2. The highest BCUT2D eigenvalue weighted by Gasteiger charge is 2.19. The van der Waals surface area contributed by atoms with Crippen LogP contribution in [-0.4, -0.2) is 13.2 Å². The molecule has 0 amide bonds. The monoisotopic (exact) mass is 366 g/mol. The van der Waals surface area contributed by atoms with Gasteiger partial charge in [0.25, 0.3) is 0 Å². The van der Waals surface area contributed by atoms with Crippen molar-refractivity contribution in [1.29, 1.82) is 0 Å². The maximum atomic E-state index is 6.63. The fourth-order valence-electron chi connectivity index (χ4n) is 2.46. The average Bonchev–Trinajstić information content (AvgIpc) is 2.49. The smallest absolute Gasteiger partial charge is 0.162 e. The van der Waals surface area contributed by atoms with Crippen LogP contribution < -0.4 is 9.47 Å². The molecule has 2 aromatic rings. The molecule has 0 fully saturated rings. The number of hydrogen-bond acceptors (Lipinski definition) is 2. The zero-order valence-electron chi connectivity index (χ0n) is 11.7. The van der Waals surface area contributed by atoms with Crippen LogP contribution in [0.3, 0.4) is 0 Å². The Bertz CT molecular complexity index is 657. The minimum Gasteiger partial charge on any atom is -0.486 e. The van der Waals surface area contributed by atoms with Crippen LogP contribution in [-0.2, 0) is 6.42 Å². The molecule has 0 radical (unpaired) electrons. The molecular formula is C17H16BrClO2. The molecule has 1 unspecified atom stereocenters. The number of benzene rings is 2. The van der Waals surface area contributed by atoms with Crippen molar-refractivity contribution in [3.05, 3.63) is 57.6 Å². The molecule has 110 valence electrons. The molecule has 0 N–H and O–H groups in total. The largest absolute Gasteiger partial charge is 0.486 e. The minimum absolute atomic E-state index is 0.115. The molecule has 1 atom stereocenters. The minimum atomic E-state index is -0.115. The molecule has 1 heterocycles. The lowest BCUT2D eigenvalue weighted by Crippen LogP contribution is -2.15. The molecular weight excluding hydrogens is 352 g/mol. The van der Waals surface area contributed by atoms with Crippen LogP contribution in [0.15, 0.2) is 40.9 Å². The first-order chi connectivity index (χ1) is 10.1. The van der Waals surface area contributed by atoms with Crippen LogP contribution >= 0.6 is 27.5 Å². The molecule has 2 aromatic carbocycles. The van der Waals surface area contributed by atoms with Gasteiger partial charge in [0.1, 0.15) is 13.2 Å². The lowest BCUT2D eigenvalue weighted by Gasteiger charge is -2.21. The quantitative estimate of drug-likeness (QED) is 0.707. The van der Waals surface area contributed by atoms with Gasteiger partial charge in [0, 0.05) is 4.47 Å². The summed E-state index contributed by atoms with van der Waals surface area (Å²) < 4.78 is 12.2. The summed E-state index contributed by atoms with van der Waals surface area (Å²) in [5, 5.41) is -0.115. The van der Waals surface area contributed by atoms with Gasteiger partial charge in [-0.3, -0.25) is 0 Å². The molecule has 0 spiro atoms. The Balaban J connectivity index is 1.87. The van der Waals surface area contributed by atoms with E-state index in [-0.39, 0.29) is 5.38 Å².